The summed E-state index contributed by atoms with van der Waals surface area (Å²) in [7, 11) is -1.67. The summed E-state index contributed by atoms with van der Waals surface area (Å²) >= 11 is 0. The number of anilines is 1. The molecule has 0 radical (unpaired) electrons. The average Bonchev–Trinajstić information content (AvgIpc) is 3.78. The molecular weight excluding hydrogens is 590 g/mol. The summed E-state index contributed by atoms with van der Waals surface area (Å²) in [4.78, 5) is 30.4. The van der Waals surface area contributed by atoms with Gasteiger partial charge >= 0.3 is 0 Å². The van der Waals surface area contributed by atoms with Gasteiger partial charge in [0.1, 0.15) is 28.9 Å². The number of oxazole rings is 1. The molecule has 0 aromatic carbocycles. The molecule has 3 aliphatic rings. The van der Waals surface area contributed by atoms with E-state index >= 15 is 0 Å². The van der Waals surface area contributed by atoms with Crippen molar-refractivity contribution in [3.63, 3.8) is 0 Å². The number of sulfone groups is 1. The number of aromatic nitrogens is 3. The van der Waals surface area contributed by atoms with Gasteiger partial charge in [0.2, 0.25) is 5.91 Å². The predicted molar refractivity (Wildman–Crippen MR) is 173 cm³/mol. The summed E-state index contributed by atoms with van der Waals surface area (Å²) in [6.07, 6.45) is 13.3. The van der Waals surface area contributed by atoms with Gasteiger partial charge in [0, 0.05) is 48.0 Å². The molecule has 3 fully saturated rings. The lowest BCUT2D eigenvalue weighted by atomic mass is 9.79. The third-order valence-electron chi connectivity index (χ3n) is 10.1. The minimum atomic E-state index is -3.33. The highest BCUT2D eigenvalue weighted by molar-refractivity contribution is 7.91. The van der Waals surface area contributed by atoms with E-state index in [1.54, 1.807) is 19.6 Å². The number of ether oxygens (including phenoxy) is 1. The van der Waals surface area contributed by atoms with Crippen LogP contribution in [0.4, 0.5) is 5.82 Å². The maximum atomic E-state index is 14.3. The molecule has 0 saturated heterocycles. The fraction of sp³-hybridized carbons (Fsp3) is 0.588. The van der Waals surface area contributed by atoms with Crippen molar-refractivity contribution in [2.75, 3.05) is 24.8 Å². The highest BCUT2D eigenvalue weighted by Gasteiger charge is 2.37. The van der Waals surface area contributed by atoms with Crippen molar-refractivity contribution in [2.24, 2.45) is 23.5 Å². The number of amides is 1. The van der Waals surface area contributed by atoms with Gasteiger partial charge in [0.15, 0.2) is 15.7 Å². The number of hydrogen-bond donors (Lipinski definition) is 1. The second kappa shape index (κ2) is 13.2. The zero-order valence-corrected chi connectivity index (χ0v) is 27.3. The Morgan fingerprint density at radius 2 is 1.73 bits per heavy atom. The number of hydrogen-bond acceptors (Lipinski definition) is 9. The van der Waals surface area contributed by atoms with E-state index in [0.29, 0.717) is 55.8 Å². The summed E-state index contributed by atoms with van der Waals surface area (Å²) in [5, 5.41) is -0.884. The van der Waals surface area contributed by atoms with Crippen LogP contribution >= 0.6 is 0 Å². The summed E-state index contributed by atoms with van der Waals surface area (Å²) in [6.45, 7) is 2.57. The Labute approximate surface area is 266 Å². The van der Waals surface area contributed by atoms with Gasteiger partial charge in [0.25, 0.3) is 0 Å². The maximum absolute atomic E-state index is 14.3. The molecule has 3 saturated carbocycles. The third-order valence-corrected chi connectivity index (χ3v) is 11.5. The van der Waals surface area contributed by atoms with Crippen LogP contribution in [0.15, 0.2) is 41.1 Å². The molecule has 45 heavy (non-hydrogen) atoms. The normalized spacial score (nSPS) is 24.6. The van der Waals surface area contributed by atoms with Gasteiger partial charge in [0.05, 0.1) is 12.8 Å². The van der Waals surface area contributed by atoms with Crippen LogP contribution in [-0.4, -0.2) is 54.6 Å². The number of nitrogens with zero attached hydrogens (tertiary/aromatic N) is 4. The van der Waals surface area contributed by atoms with Gasteiger partial charge < -0.3 is 14.9 Å². The highest BCUT2D eigenvalue weighted by Crippen LogP contribution is 2.41. The number of rotatable bonds is 10. The van der Waals surface area contributed by atoms with Crippen LogP contribution < -0.4 is 15.4 Å². The second-order valence-corrected chi connectivity index (χ2v) is 15.5. The van der Waals surface area contributed by atoms with Gasteiger partial charge in [-0.2, -0.15) is 0 Å². The topological polar surface area (TPSA) is 142 Å². The summed E-state index contributed by atoms with van der Waals surface area (Å²) < 4.78 is 35.3. The molecule has 3 heterocycles. The van der Waals surface area contributed by atoms with Crippen LogP contribution in [0.5, 0.6) is 5.75 Å². The van der Waals surface area contributed by atoms with Gasteiger partial charge in [-0.3, -0.25) is 14.7 Å². The van der Waals surface area contributed by atoms with Gasteiger partial charge in [-0.05, 0) is 107 Å². The molecular formula is C34H45N5O5S. The van der Waals surface area contributed by atoms with Crippen LogP contribution in [-0.2, 0) is 14.6 Å². The minimum Gasteiger partial charge on any atom is -0.495 e. The maximum Gasteiger partial charge on any atom is 0.231 e. The Balaban J connectivity index is 1.19. The van der Waals surface area contributed by atoms with E-state index in [0.717, 1.165) is 72.8 Å². The van der Waals surface area contributed by atoms with E-state index in [1.165, 1.54) is 6.26 Å². The first-order valence-corrected chi connectivity index (χ1v) is 18.2. The van der Waals surface area contributed by atoms with E-state index in [4.69, 9.17) is 29.8 Å². The Kier molecular flexibility index (Phi) is 9.29. The monoisotopic (exact) mass is 635 g/mol. The molecule has 11 heteroatoms. The SMILES string of the molecule is COc1ccc(C2CCC(CN(C(=O)C3CCC(C(N)S(C)(=O)=O)CC3)c3cc(-c4coc(C5CC5)n4)ccn3)CC2)nc1C. The van der Waals surface area contributed by atoms with Crippen LogP contribution in [0.2, 0.25) is 0 Å². The Morgan fingerprint density at radius 3 is 2.38 bits per heavy atom. The first-order valence-electron chi connectivity index (χ1n) is 16.3. The molecule has 2 N–H and O–H groups in total. The van der Waals surface area contributed by atoms with Crippen LogP contribution in [0, 0.1) is 24.7 Å². The van der Waals surface area contributed by atoms with Crippen molar-refractivity contribution in [1.29, 1.82) is 0 Å². The number of methoxy groups -OCH3 is 1. The molecule has 3 aromatic rings. The van der Waals surface area contributed by atoms with Gasteiger partial charge in [-0.1, -0.05) is 0 Å². The summed E-state index contributed by atoms with van der Waals surface area (Å²) in [6, 6.07) is 7.94. The molecule has 0 spiro atoms. The molecule has 1 atom stereocenters. The third kappa shape index (κ3) is 7.25. The van der Waals surface area contributed by atoms with Crippen LogP contribution in [0.3, 0.4) is 0 Å². The molecule has 6 rings (SSSR count). The van der Waals surface area contributed by atoms with Gasteiger partial charge in [-0.15, -0.1) is 0 Å². The Bertz CT molecular complexity index is 1600. The highest BCUT2D eigenvalue weighted by atomic mass is 32.2. The van der Waals surface area contributed by atoms with Crippen LogP contribution in [0.25, 0.3) is 11.3 Å². The molecule has 3 aliphatic carbocycles. The number of carbonyl (C=O) groups excluding carboxylic acids is 1. The zero-order valence-electron chi connectivity index (χ0n) is 26.5. The molecule has 0 bridgehead atoms. The molecule has 242 valence electrons. The van der Waals surface area contributed by atoms with Crippen LogP contribution in [0.1, 0.15) is 93.3 Å². The average molecular weight is 636 g/mol. The fourth-order valence-electron chi connectivity index (χ4n) is 7.13. The van der Waals surface area contributed by atoms with Crippen molar-refractivity contribution in [3.8, 4) is 17.0 Å². The molecule has 10 nitrogen and oxygen atoms in total. The molecule has 1 unspecified atom stereocenters. The quantitative estimate of drug-likeness (QED) is 0.294. The Hall–Kier alpha value is -3.31. The lowest BCUT2D eigenvalue weighted by Gasteiger charge is -2.36. The summed E-state index contributed by atoms with van der Waals surface area (Å²) in [5.74, 6) is 3.06. The van der Waals surface area contributed by atoms with Gasteiger partial charge in [-0.25, -0.2) is 18.4 Å². The largest absolute Gasteiger partial charge is 0.495 e. The smallest absolute Gasteiger partial charge is 0.231 e. The van der Waals surface area contributed by atoms with Crippen molar-refractivity contribution in [1.82, 2.24) is 15.0 Å². The number of carbonyl (C=O) groups is 1. The lowest BCUT2D eigenvalue weighted by Crippen LogP contribution is -2.44. The minimum absolute atomic E-state index is 0.0550. The molecule has 0 aliphatic heterocycles. The second-order valence-electron chi connectivity index (χ2n) is 13.3. The van der Waals surface area contributed by atoms with E-state index < -0.39 is 15.2 Å². The fourth-order valence-corrected chi connectivity index (χ4v) is 8.11. The van der Waals surface area contributed by atoms with E-state index in [9.17, 15) is 13.2 Å². The lowest BCUT2D eigenvalue weighted by molar-refractivity contribution is -0.123. The van der Waals surface area contributed by atoms with E-state index in [2.05, 4.69) is 6.07 Å². The standard InChI is InChI=1S/C34H45N5O5S/c1-21-30(43-2)15-14-28(37-21)23-6-4-22(5-7-23)19-39(34(40)26-12-8-24(9-13-26)32(35)45(3,41)42)31-18-27(16-17-36-31)29-20-44-33(38-29)25-10-11-25/h14-18,20,22-26,32H,4-13,19,35H2,1-3H3. The first-order chi connectivity index (χ1) is 21.6. The number of pyridine rings is 2. The Morgan fingerprint density at radius 1 is 1.02 bits per heavy atom. The van der Waals surface area contributed by atoms with Crippen molar-refractivity contribution >= 4 is 21.6 Å². The molecule has 1 amide bonds. The number of aryl methyl sites for hydroxylation is 1. The van der Waals surface area contributed by atoms with E-state index in [-0.39, 0.29) is 17.7 Å². The first kappa shape index (κ1) is 31.7. The molecule has 3 aromatic heterocycles. The zero-order chi connectivity index (χ0) is 31.7. The number of nitrogens with two attached hydrogens (primary N) is 1. The van der Waals surface area contributed by atoms with Crippen molar-refractivity contribution in [2.45, 2.75) is 88.3 Å². The predicted octanol–water partition coefficient (Wildman–Crippen LogP) is 5.77. The van der Waals surface area contributed by atoms with Crippen molar-refractivity contribution in [3.05, 3.63) is 54.0 Å². The van der Waals surface area contributed by atoms with Crippen molar-refractivity contribution < 1.29 is 22.4 Å². The van der Waals surface area contributed by atoms with E-state index in [1.807, 2.05) is 30.0 Å². The summed E-state index contributed by atoms with van der Waals surface area (Å²) in [5.41, 5.74) is 9.72.